The molecular weight excluding hydrogens is 346 g/mol. The van der Waals surface area contributed by atoms with Crippen molar-refractivity contribution in [2.45, 2.75) is 93.8 Å². The molecule has 0 unspecified atom stereocenters. The van der Waals surface area contributed by atoms with E-state index in [4.69, 9.17) is 35.7 Å². The Morgan fingerprint density at radius 2 is 1.15 bits per heavy atom. The summed E-state index contributed by atoms with van der Waals surface area (Å²) < 4.78 is 22.4. The Hall–Kier alpha value is -0.750. The normalized spacial score (nSPS) is 33.4. The predicted molar refractivity (Wildman–Crippen MR) is 101 cm³/mol. The van der Waals surface area contributed by atoms with Gasteiger partial charge < -0.3 is 30.4 Å². The van der Waals surface area contributed by atoms with Crippen LogP contribution in [0, 0.1) is 11.3 Å². The molecule has 4 aliphatic rings. The second kappa shape index (κ2) is 8.32. The third kappa shape index (κ3) is 5.00. The zero-order valence-corrected chi connectivity index (χ0v) is 16.6. The highest BCUT2D eigenvalue weighted by molar-refractivity contribution is 5.08. The van der Waals surface area contributed by atoms with Gasteiger partial charge in [0, 0.05) is 31.2 Å². The first-order valence-electron chi connectivity index (χ1n) is 10.4. The third-order valence-corrected chi connectivity index (χ3v) is 6.51. The van der Waals surface area contributed by atoms with E-state index < -0.39 is 11.3 Å². The van der Waals surface area contributed by atoms with Crippen molar-refractivity contribution in [2.24, 2.45) is 11.5 Å². The molecule has 2 aliphatic heterocycles. The zero-order valence-electron chi connectivity index (χ0n) is 16.6. The fraction of sp³-hybridized carbons (Fsp3) is 0.950. The van der Waals surface area contributed by atoms with Crippen LogP contribution in [-0.2, 0) is 18.9 Å². The Bertz CT molecular complexity index is 516. The lowest BCUT2D eigenvalue weighted by Gasteiger charge is -2.41. The van der Waals surface area contributed by atoms with Crippen LogP contribution >= 0.6 is 0 Å². The number of hydrogen-bond acceptors (Lipinski definition) is 7. The van der Waals surface area contributed by atoms with E-state index >= 15 is 0 Å². The fourth-order valence-corrected chi connectivity index (χ4v) is 4.64. The minimum atomic E-state index is -0.652. The molecule has 2 spiro atoms. The first-order chi connectivity index (χ1) is 12.9. The van der Waals surface area contributed by atoms with E-state index in [9.17, 15) is 0 Å². The largest absolute Gasteiger partial charge is 0.348 e. The highest BCUT2D eigenvalue weighted by atomic mass is 16.7. The van der Waals surface area contributed by atoms with E-state index in [0.29, 0.717) is 26.1 Å². The maximum absolute atomic E-state index is 8.82. The topological polar surface area (TPSA) is 113 Å². The number of nitrogens with zero attached hydrogens (tertiary/aromatic N) is 1. The third-order valence-electron chi connectivity index (χ3n) is 6.51. The van der Waals surface area contributed by atoms with Crippen LogP contribution in [-0.4, -0.2) is 49.1 Å². The molecule has 0 aromatic carbocycles. The SMILES string of the molecule is CCCC1(N)CCC2(CC1)OCCO2.N#CC1(N)CCC2(CC1)OCCO2. The Morgan fingerprint density at radius 3 is 1.52 bits per heavy atom. The molecule has 0 radical (unpaired) electrons. The van der Waals surface area contributed by atoms with Gasteiger partial charge in [0.05, 0.1) is 32.5 Å². The minimum absolute atomic E-state index is 0.0509. The van der Waals surface area contributed by atoms with Crippen LogP contribution in [0.2, 0.25) is 0 Å². The monoisotopic (exact) mass is 381 g/mol. The summed E-state index contributed by atoms with van der Waals surface area (Å²) in [5, 5.41) is 8.82. The minimum Gasteiger partial charge on any atom is -0.348 e. The molecule has 0 amide bonds. The Morgan fingerprint density at radius 1 is 0.741 bits per heavy atom. The van der Waals surface area contributed by atoms with Crippen molar-refractivity contribution in [2.75, 3.05) is 26.4 Å². The van der Waals surface area contributed by atoms with E-state index in [0.717, 1.165) is 58.2 Å². The molecule has 0 bridgehead atoms. The van der Waals surface area contributed by atoms with Crippen molar-refractivity contribution < 1.29 is 18.9 Å². The molecule has 0 atom stereocenters. The lowest BCUT2D eigenvalue weighted by molar-refractivity contribution is -0.184. The standard InChI is InChI=1S/C11H21NO2.C9H14N2O2/c1-2-3-10(12)4-6-11(7-5-10)13-8-9-14-11;10-7-8(11)1-3-9(4-2-8)12-5-6-13-9/h2-9,12H2,1H3;1-6,11H2. The zero-order chi connectivity index (χ0) is 19.4. The number of ether oxygens (including phenoxy) is 4. The molecule has 2 heterocycles. The summed E-state index contributed by atoms with van der Waals surface area (Å²) in [5.41, 5.74) is 11.5. The summed E-state index contributed by atoms with van der Waals surface area (Å²) in [6, 6.07) is 2.15. The molecule has 4 rings (SSSR count). The van der Waals surface area contributed by atoms with Gasteiger partial charge >= 0.3 is 0 Å². The molecular formula is C20H35N3O4. The van der Waals surface area contributed by atoms with E-state index in [1.165, 1.54) is 6.42 Å². The van der Waals surface area contributed by atoms with Crippen LogP contribution in [0.3, 0.4) is 0 Å². The van der Waals surface area contributed by atoms with Gasteiger partial charge in [-0.3, -0.25) is 0 Å². The summed E-state index contributed by atoms with van der Waals surface area (Å²) in [6.45, 7) is 5.05. The molecule has 2 saturated carbocycles. The maximum atomic E-state index is 8.82. The molecule has 2 aliphatic carbocycles. The van der Waals surface area contributed by atoms with Crippen LogP contribution in [0.25, 0.3) is 0 Å². The second-order valence-corrected chi connectivity index (χ2v) is 8.60. The average Bonchev–Trinajstić information content (AvgIpc) is 3.33. The summed E-state index contributed by atoms with van der Waals surface area (Å²) in [4.78, 5) is 0. The highest BCUT2D eigenvalue weighted by Gasteiger charge is 2.45. The van der Waals surface area contributed by atoms with Gasteiger partial charge in [0.1, 0.15) is 5.54 Å². The van der Waals surface area contributed by atoms with Gasteiger partial charge in [0.15, 0.2) is 11.6 Å². The lowest BCUT2D eigenvalue weighted by Crippen LogP contribution is -2.49. The second-order valence-electron chi connectivity index (χ2n) is 8.60. The van der Waals surface area contributed by atoms with E-state index in [1.807, 2.05) is 0 Å². The smallest absolute Gasteiger partial charge is 0.168 e. The van der Waals surface area contributed by atoms with Crippen molar-refractivity contribution in [3.05, 3.63) is 0 Å². The molecule has 4 N–H and O–H groups in total. The average molecular weight is 382 g/mol. The van der Waals surface area contributed by atoms with E-state index in [1.54, 1.807) is 0 Å². The molecule has 7 heteroatoms. The van der Waals surface area contributed by atoms with Crippen LogP contribution in [0.15, 0.2) is 0 Å². The molecule has 0 aromatic heterocycles. The van der Waals surface area contributed by atoms with E-state index in [2.05, 4.69) is 13.0 Å². The van der Waals surface area contributed by atoms with E-state index in [-0.39, 0.29) is 11.3 Å². The number of nitrogens with two attached hydrogens (primary N) is 2. The number of nitriles is 1. The van der Waals surface area contributed by atoms with Gasteiger partial charge in [-0.05, 0) is 32.1 Å². The fourth-order valence-electron chi connectivity index (χ4n) is 4.64. The summed E-state index contributed by atoms with van der Waals surface area (Å²) in [6.07, 6.45) is 9.17. The number of hydrogen-bond donors (Lipinski definition) is 2. The van der Waals surface area contributed by atoms with Crippen LogP contribution in [0.4, 0.5) is 0 Å². The molecule has 7 nitrogen and oxygen atoms in total. The maximum Gasteiger partial charge on any atom is 0.168 e. The van der Waals surface area contributed by atoms with Gasteiger partial charge in [-0.25, -0.2) is 0 Å². The lowest BCUT2D eigenvalue weighted by atomic mass is 9.77. The van der Waals surface area contributed by atoms with Gasteiger partial charge in [0.2, 0.25) is 0 Å². The van der Waals surface area contributed by atoms with Gasteiger partial charge in [0.25, 0.3) is 0 Å². The molecule has 2 saturated heterocycles. The van der Waals surface area contributed by atoms with Gasteiger partial charge in [-0.2, -0.15) is 5.26 Å². The predicted octanol–water partition coefficient (Wildman–Crippen LogP) is 2.33. The van der Waals surface area contributed by atoms with Crippen molar-refractivity contribution >= 4 is 0 Å². The van der Waals surface area contributed by atoms with Crippen LogP contribution < -0.4 is 11.5 Å². The molecule has 0 aromatic rings. The highest BCUT2D eigenvalue weighted by Crippen LogP contribution is 2.41. The summed E-state index contributed by atoms with van der Waals surface area (Å²) in [5.74, 6) is -0.656. The number of rotatable bonds is 2. The van der Waals surface area contributed by atoms with Crippen LogP contribution in [0.1, 0.15) is 71.1 Å². The van der Waals surface area contributed by atoms with Crippen molar-refractivity contribution in [3.8, 4) is 6.07 Å². The molecule has 27 heavy (non-hydrogen) atoms. The first kappa shape index (κ1) is 21.0. The quantitative estimate of drug-likeness (QED) is 0.754. The Labute approximate surface area is 162 Å². The van der Waals surface area contributed by atoms with Crippen molar-refractivity contribution in [3.63, 3.8) is 0 Å². The van der Waals surface area contributed by atoms with Crippen molar-refractivity contribution in [1.82, 2.24) is 0 Å². The van der Waals surface area contributed by atoms with Gasteiger partial charge in [-0.1, -0.05) is 13.3 Å². The first-order valence-corrected chi connectivity index (χ1v) is 10.4. The molecule has 4 fully saturated rings. The Kier molecular flexibility index (Phi) is 6.46. The molecule has 154 valence electrons. The van der Waals surface area contributed by atoms with Gasteiger partial charge in [-0.15, -0.1) is 0 Å². The van der Waals surface area contributed by atoms with Crippen LogP contribution in [0.5, 0.6) is 0 Å². The summed E-state index contributed by atoms with van der Waals surface area (Å²) in [7, 11) is 0. The Balaban J connectivity index is 0.000000156. The summed E-state index contributed by atoms with van der Waals surface area (Å²) >= 11 is 0. The van der Waals surface area contributed by atoms with Crippen molar-refractivity contribution in [1.29, 1.82) is 5.26 Å².